The molecule has 0 rings (SSSR count). The first-order chi connectivity index (χ1) is 7.32. The number of nitrogens with one attached hydrogen (secondary N) is 1. The summed E-state index contributed by atoms with van der Waals surface area (Å²) >= 11 is 0. The van der Waals surface area contributed by atoms with Crippen LogP contribution < -0.4 is 5.32 Å². The third-order valence-electron chi connectivity index (χ3n) is 1.94. The first kappa shape index (κ1) is 14.7. The number of hydrogen-bond acceptors (Lipinski definition) is 3. The minimum absolute atomic E-state index is 0.110. The molecule has 0 fully saturated rings. The number of carbonyl (C=O) groups is 2. The van der Waals surface area contributed by atoms with Crippen molar-refractivity contribution in [2.75, 3.05) is 6.54 Å². The van der Waals surface area contributed by atoms with Crippen molar-refractivity contribution in [2.24, 2.45) is 11.8 Å². The van der Waals surface area contributed by atoms with E-state index in [1.54, 1.807) is 13.8 Å². The SMILES string of the molecule is CC(C)CC(CNC(=O)OC(C)C)C(=O)O. The molecule has 0 aliphatic carbocycles. The van der Waals surface area contributed by atoms with Crippen LogP contribution in [-0.4, -0.2) is 29.8 Å². The summed E-state index contributed by atoms with van der Waals surface area (Å²) in [5, 5.41) is 11.4. The summed E-state index contributed by atoms with van der Waals surface area (Å²) in [4.78, 5) is 22.0. The van der Waals surface area contributed by atoms with Gasteiger partial charge in [-0.2, -0.15) is 0 Å². The van der Waals surface area contributed by atoms with E-state index in [-0.39, 0.29) is 18.6 Å². The van der Waals surface area contributed by atoms with Crippen molar-refractivity contribution in [1.82, 2.24) is 5.32 Å². The van der Waals surface area contributed by atoms with Gasteiger partial charge in [0.05, 0.1) is 12.0 Å². The highest BCUT2D eigenvalue weighted by molar-refractivity contribution is 5.72. The van der Waals surface area contributed by atoms with Crippen LogP contribution >= 0.6 is 0 Å². The Bertz CT molecular complexity index is 238. The molecule has 0 aliphatic rings. The molecule has 2 N–H and O–H groups in total. The molecule has 1 amide bonds. The number of ether oxygens (including phenoxy) is 1. The zero-order valence-corrected chi connectivity index (χ0v) is 10.3. The number of alkyl carbamates (subject to hydrolysis) is 1. The van der Waals surface area contributed by atoms with Gasteiger partial charge in [-0.25, -0.2) is 4.79 Å². The molecule has 0 bridgehead atoms. The number of carbonyl (C=O) groups excluding carboxylic acids is 1. The molecule has 94 valence electrons. The Kier molecular flexibility index (Phi) is 6.53. The van der Waals surface area contributed by atoms with E-state index in [4.69, 9.17) is 9.84 Å². The molecule has 0 radical (unpaired) electrons. The second kappa shape index (κ2) is 7.09. The monoisotopic (exact) mass is 231 g/mol. The first-order valence-electron chi connectivity index (χ1n) is 5.50. The summed E-state index contributed by atoms with van der Waals surface area (Å²) < 4.78 is 4.84. The Morgan fingerprint density at radius 2 is 1.81 bits per heavy atom. The van der Waals surface area contributed by atoms with Crippen molar-refractivity contribution < 1.29 is 19.4 Å². The fourth-order valence-electron chi connectivity index (χ4n) is 1.30. The van der Waals surface area contributed by atoms with Crippen molar-refractivity contribution in [3.8, 4) is 0 Å². The molecular formula is C11H21NO4. The molecule has 1 unspecified atom stereocenters. The lowest BCUT2D eigenvalue weighted by atomic mass is 9.97. The van der Waals surface area contributed by atoms with Crippen LogP contribution in [0.2, 0.25) is 0 Å². The zero-order valence-electron chi connectivity index (χ0n) is 10.3. The second-order valence-electron chi connectivity index (χ2n) is 4.50. The van der Waals surface area contributed by atoms with E-state index in [0.29, 0.717) is 6.42 Å². The lowest BCUT2D eigenvalue weighted by Crippen LogP contribution is -2.35. The molecule has 5 heteroatoms. The van der Waals surface area contributed by atoms with Crippen LogP contribution in [0.25, 0.3) is 0 Å². The molecule has 0 saturated carbocycles. The number of carboxylic acids is 1. The molecule has 0 aliphatic heterocycles. The summed E-state index contributed by atoms with van der Waals surface area (Å²) in [7, 11) is 0. The van der Waals surface area contributed by atoms with Crippen molar-refractivity contribution in [1.29, 1.82) is 0 Å². The summed E-state index contributed by atoms with van der Waals surface area (Å²) in [6.07, 6.45) is -0.226. The van der Waals surface area contributed by atoms with Crippen LogP contribution in [0.5, 0.6) is 0 Å². The summed E-state index contributed by atoms with van der Waals surface area (Å²) in [5.41, 5.74) is 0. The Hall–Kier alpha value is -1.26. The van der Waals surface area contributed by atoms with E-state index in [1.807, 2.05) is 13.8 Å². The van der Waals surface area contributed by atoms with Gasteiger partial charge in [-0.1, -0.05) is 13.8 Å². The quantitative estimate of drug-likeness (QED) is 0.731. The van der Waals surface area contributed by atoms with Gasteiger partial charge in [0, 0.05) is 6.54 Å². The third-order valence-corrected chi connectivity index (χ3v) is 1.94. The van der Waals surface area contributed by atoms with Gasteiger partial charge in [0.1, 0.15) is 0 Å². The van der Waals surface area contributed by atoms with E-state index in [9.17, 15) is 9.59 Å². The predicted octanol–water partition coefficient (Wildman–Crippen LogP) is 1.87. The van der Waals surface area contributed by atoms with E-state index >= 15 is 0 Å². The molecule has 5 nitrogen and oxygen atoms in total. The van der Waals surface area contributed by atoms with Gasteiger partial charge in [0.25, 0.3) is 0 Å². The van der Waals surface area contributed by atoms with Crippen LogP contribution in [0.1, 0.15) is 34.1 Å². The molecule has 0 aromatic rings. The molecule has 0 saturated heterocycles. The molecule has 1 atom stereocenters. The highest BCUT2D eigenvalue weighted by atomic mass is 16.6. The van der Waals surface area contributed by atoms with Gasteiger partial charge >= 0.3 is 12.1 Å². The second-order valence-corrected chi connectivity index (χ2v) is 4.50. The van der Waals surface area contributed by atoms with E-state index in [2.05, 4.69) is 5.32 Å². The lowest BCUT2D eigenvalue weighted by Gasteiger charge is -2.16. The Balaban J connectivity index is 4.02. The van der Waals surface area contributed by atoms with Gasteiger partial charge in [-0.3, -0.25) is 4.79 Å². The van der Waals surface area contributed by atoms with Gasteiger partial charge in [0.15, 0.2) is 0 Å². The van der Waals surface area contributed by atoms with Gasteiger partial charge in [0.2, 0.25) is 0 Å². The number of aliphatic carboxylic acids is 1. The maximum Gasteiger partial charge on any atom is 0.407 e. The van der Waals surface area contributed by atoms with Gasteiger partial charge < -0.3 is 15.2 Å². The highest BCUT2D eigenvalue weighted by Gasteiger charge is 2.20. The van der Waals surface area contributed by atoms with Crippen LogP contribution in [-0.2, 0) is 9.53 Å². The third kappa shape index (κ3) is 7.09. The summed E-state index contributed by atoms with van der Waals surface area (Å²) in [6, 6.07) is 0. The normalized spacial score (nSPS) is 12.6. The van der Waals surface area contributed by atoms with Crippen LogP contribution in [0.4, 0.5) is 4.79 Å². The van der Waals surface area contributed by atoms with Gasteiger partial charge in [-0.05, 0) is 26.2 Å². The Labute approximate surface area is 96.2 Å². The largest absolute Gasteiger partial charge is 0.481 e. The molecule has 0 heterocycles. The van der Waals surface area contributed by atoms with Gasteiger partial charge in [-0.15, -0.1) is 0 Å². The fourth-order valence-corrected chi connectivity index (χ4v) is 1.30. The van der Waals surface area contributed by atoms with Crippen molar-refractivity contribution in [3.05, 3.63) is 0 Å². The Morgan fingerprint density at radius 1 is 1.25 bits per heavy atom. The van der Waals surface area contributed by atoms with E-state index in [1.165, 1.54) is 0 Å². The maximum absolute atomic E-state index is 11.1. The van der Waals surface area contributed by atoms with E-state index < -0.39 is 18.0 Å². The van der Waals surface area contributed by atoms with Crippen molar-refractivity contribution >= 4 is 12.1 Å². The standard InChI is InChI=1S/C11H21NO4/c1-7(2)5-9(10(13)14)6-12-11(15)16-8(3)4/h7-9H,5-6H2,1-4H3,(H,12,15)(H,13,14). The minimum Gasteiger partial charge on any atom is -0.481 e. The van der Waals surface area contributed by atoms with Crippen LogP contribution in [0.15, 0.2) is 0 Å². The molecule has 0 aromatic heterocycles. The van der Waals surface area contributed by atoms with Crippen LogP contribution in [0.3, 0.4) is 0 Å². The zero-order chi connectivity index (χ0) is 12.7. The molecule has 16 heavy (non-hydrogen) atoms. The number of carboxylic acid groups (broad SMARTS) is 1. The smallest absolute Gasteiger partial charge is 0.407 e. The lowest BCUT2D eigenvalue weighted by molar-refractivity contribution is -0.142. The van der Waals surface area contributed by atoms with E-state index in [0.717, 1.165) is 0 Å². The molecule has 0 spiro atoms. The number of hydrogen-bond donors (Lipinski definition) is 2. The minimum atomic E-state index is -0.890. The van der Waals surface area contributed by atoms with Crippen molar-refractivity contribution in [3.63, 3.8) is 0 Å². The summed E-state index contributed by atoms with van der Waals surface area (Å²) in [6.45, 7) is 7.48. The summed E-state index contributed by atoms with van der Waals surface area (Å²) in [5.74, 6) is -1.16. The average molecular weight is 231 g/mol. The van der Waals surface area contributed by atoms with Crippen molar-refractivity contribution in [2.45, 2.75) is 40.2 Å². The molecular weight excluding hydrogens is 210 g/mol. The highest BCUT2D eigenvalue weighted by Crippen LogP contribution is 2.11. The maximum atomic E-state index is 11.1. The number of rotatable bonds is 6. The fraction of sp³-hybridized carbons (Fsp3) is 0.818. The average Bonchev–Trinajstić information content (AvgIpc) is 2.09. The predicted molar refractivity (Wildman–Crippen MR) is 60.2 cm³/mol. The topological polar surface area (TPSA) is 75.6 Å². The first-order valence-corrected chi connectivity index (χ1v) is 5.50. The van der Waals surface area contributed by atoms with Crippen LogP contribution in [0, 0.1) is 11.8 Å². The molecule has 0 aromatic carbocycles. The number of amides is 1. The Morgan fingerprint density at radius 3 is 2.19 bits per heavy atom.